The molecule has 1 amide bonds. The fourth-order valence-corrected chi connectivity index (χ4v) is 2.74. The summed E-state index contributed by atoms with van der Waals surface area (Å²) in [6, 6.07) is 18.6. The molecule has 1 atom stereocenters. The summed E-state index contributed by atoms with van der Waals surface area (Å²) in [6.45, 7) is 4.88. The van der Waals surface area contributed by atoms with Crippen LogP contribution in [0.15, 0.2) is 54.6 Å². The van der Waals surface area contributed by atoms with Crippen molar-refractivity contribution >= 4 is 5.91 Å². The second kappa shape index (κ2) is 7.79. The molecule has 0 saturated carbocycles. The second-order valence-corrected chi connectivity index (χ2v) is 5.74. The third kappa shape index (κ3) is 3.97. The van der Waals surface area contributed by atoms with Crippen LogP contribution in [0, 0.1) is 0 Å². The van der Waals surface area contributed by atoms with Crippen LogP contribution in [0.25, 0.3) is 0 Å². The topological polar surface area (TPSA) is 20.3 Å². The minimum atomic E-state index is -0.0545. The summed E-state index contributed by atoms with van der Waals surface area (Å²) in [4.78, 5) is 14.6. The lowest BCUT2D eigenvalue weighted by Crippen LogP contribution is -2.31. The largest absolute Gasteiger partial charge is 0.341 e. The van der Waals surface area contributed by atoms with Gasteiger partial charge in [0.25, 0.3) is 0 Å². The molecule has 0 N–H and O–H groups in total. The Morgan fingerprint density at radius 2 is 1.55 bits per heavy atom. The van der Waals surface area contributed by atoms with Crippen LogP contribution in [0.2, 0.25) is 0 Å². The molecule has 0 radical (unpaired) electrons. The highest BCUT2D eigenvalue weighted by Gasteiger charge is 2.21. The van der Waals surface area contributed by atoms with Crippen molar-refractivity contribution in [3.8, 4) is 0 Å². The zero-order valence-electron chi connectivity index (χ0n) is 13.8. The van der Waals surface area contributed by atoms with E-state index >= 15 is 0 Å². The molecule has 22 heavy (non-hydrogen) atoms. The average molecular weight is 295 g/mol. The molecular weight excluding hydrogens is 270 g/mol. The van der Waals surface area contributed by atoms with Gasteiger partial charge >= 0.3 is 0 Å². The van der Waals surface area contributed by atoms with E-state index in [1.165, 1.54) is 11.1 Å². The number of amides is 1. The number of benzene rings is 2. The highest BCUT2D eigenvalue weighted by molar-refractivity contribution is 5.83. The first-order valence-corrected chi connectivity index (χ1v) is 8.03. The number of hydrogen-bond acceptors (Lipinski definition) is 1. The van der Waals surface area contributed by atoms with Gasteiger partial charge in [-0.1, -0.05) is 68.4 Å². The van der Waals surface area contributed by atoms with E-state index in [1.807, 2.05) is 42.3 Å². The van der Waals surface area contributed by atoms with Crippen molar-refractivity contribution in [2.75, 3.05) is 7.05 Å². The van der Waals surface area contributed by atoms with Crippen LogP contribution in [0.1, 0.15) is 42.9 Å². The summed E-state index contributed by atoms with van der Waals surface area (Å²) in [5, 5.41) is 0. The Bertz CT molecular complexity index is 589. The standard InChI is InChI=1S/C20H25NO/c1-4-16-11-13-17(14-12-16)15-21(3)20(22)19(5-2)18-9-7-6-8-10-18/h6-14,19H,4-5,15H2,1-3H3. The van der Waals surface area contributed by atoms with Gasteiger partial charge in [0.05, 0.1) is 5.92 Å². The molecule has 2 aromatic carbocycles. The summed E-state index contributed by atoms with van der Waals surface area (Å²) >= 11 is 0. The van der Waals surface area contributed by atoms with Crippen molar-refractivity contribution in [1.29, 1.82) is 0 Å². The maximum absolute atomic E-state index is 12.7. The first-order valence-electron chi connectivity index (χ1n) is 8.03. The molecule has 0 spiro atoms. The number of likely N-dealkylation sites (N-methyl/N-ethyl adjacent to an activating group) is 1. The highest BCUT2D eigenvalue weighted by Crippen LogP contribution is 2.22. The molecule has 2 aromatic rings. The molecule has 116 valence electrons. The molecule has 0 aliphatic rings. The Hall–Kier alpha value is -2.09. The van der Waals surface area contributed by atoms with E-state index in [4.69, 9.17) is 0 Å². The SMILES string of the molecule is CCc1ccc(CN(C)C(=O)C(CC)c2ccccc2)cc1. The molecular formula is C20H25NO. The van der Waals surface area contributed by atoms with Gasteiger partial charge in [-0.15, -0.1) is 0 Å². The van der Waals surface area contributed by atoms with Gasteiger partial charge in [0, 0.05) is 13.6 Å². The summed E-state index contributed by atoms with van der Waals surface area (Å²) in [6.07, 6.45) is 1.86. The average Bonchev–Trinajstić information content (AvgIpc) is 2.57. The lowest BCUT2D eigenvalue weighted by Gasteiger charge is -2.23. The Morgan fingerprint density at radius 3 is 2.09 bits per heavy atom. The van der Waals surface area contributed by atoms with Crippen molar-refractivity contribution in [1.82, 2.24) is 4.90 Å². The third-order valence-electron chi connectivity index (χ3n) is 4.14. The van der Waals surface area contributed by atoms with Crippen molar-refractivity contribution < 1.29 is 4.79 Å². The Balaban J connectivity index is 2.06. The van der Waals surface area contributed by atoms with Gasteiger partial charge in [-0.3, -0.25) is 4.79 Å². The van der Waals surface area contributed by atoms with E-state index < -0.39 is 0 Å². The van der Waals surface area contributed by atoms with Gasteiger partial charge in [0.1, 0.15) is 0 Å². The monoisotopic (exact) mass is 295 g/mol. The van der Waals surface area contributed by atoms with Crippen LogP contribution in [-0.2, 0) is 17.8 Å². The molecule has 2 rings (SSSR count). The maximum Gasteiger partial charge on any atom is 0.230 e. The van der Waals surface area contributed by atoms with E-state index in [0.29, 0.717) is 6.54 Å². The Kier molecular flexibility index (Phi) is 5.76. The van der Waals surface area contributed by atoms with Gasteiger partial charge in [-0.05, 0) is 29.5 Å². The van der Waals surface area contributed by atoms with Crippen LogP contribution in [0.5, 0.6) is 0 Å². The molecule has 0 aromatic heterocycles. The first-order chi connectivity index (χ1) is 10.7. The third-order valence-corrected chi connectivity index (χ3v) is 4.14. The number of rotatable bonds is 6. The number of carbonyl (C=O) groups is 1. The van der Waals surface area contributed by atoms with Gasteiger partial charge < -0.3 is 4.90 Å². The molecule has 0 saturated heterocycles. The second-order valence-electron chi connectivity index (χ2n) is 5.74. The highest BCUT2D eigenvalue weighted by atomic mass is 16.2. The summed E-state index contributed by atoms with van der Waals surface area (Å²) in [5.74, 6) is 0.134. The number of hydrogen-bond donors (Lipinski definition) is 0. The Labute approximate surface area is 133 Å². The Morgan fingerprint density at radius 1 is 0.955 bits per heavy atom. The zero-order chi connectivity index (χ0) is 15.9. The molecule has 0 heterocycles. The minimum Gasteiger partial charge on any atom is -0.341 e. The van der Waals surface area contributed by atoms with Crippen LogP contribution in [0.4, 0.5) is 0 Å². The van der Waals surface area contributed by atoms with E-state index in [2.05, 4.69) is 38.1 Å². The van der Waals surface area contributed by atoms with Crippen LogP contribution in [-0.4, -0.2) is 17.9 Å². The summed E-state index contributed by atoms with van der Waals surface area (Å²) in [7, 11) is 1.89. The predicted molar refractivity (Wildman–Crippen MR) is 91.8 cm³/mol. The van der Waals surface area contributed by atoms with Gasteiger partial charge in [0.2, 0.25) is 5.91 Å². The zero-order valence-corrected chi connectivity index (χ0v) is 13.8. The van der Waals surface area contributed by atoms with E-state index in [9.17, 15) is 4.79 Å². The van der Waals surface area contributed by atoms with Crippen LogP contribution in [0.3, 0.4) is 0 Å². The quantitative estimate of drug-likeness (QED) is 0.773. The molecule has 0 bridgehead atoms. The molecule has 2 heteroatoms. The minimum absolute atomic E-state index is 0.0545. The van der Waals surface area contributed by atoms with Crippen molar-refractivity contribution in [2.45, 2.75) is 39.2 Å². The fourth-order valence-electron chi connectivity index (χ4n) is 2.74. The van der Waals surface area contributed by atoms with Crippen molar-refractivity contribution in [2.24, 2.45) is 0 Å². The molecule has 1 unspecified atom stereocenters. The normalized spacial score (nSPS) is 12.0. The van der Waals surface area contributed by atoms with E-state index in [-0.39, 0.29) is 11.8 Å². The smallest absolute Gasteiger partial charge is 0.230 e. The fraction of sp³-hybridized carbons (Fsp3) is 0.350. The van der Waals surface area contributed by atoms with Gasteiger partial charge in [-0.2, -0.15) is 0 Å². The van der Waals surface area contributed by atoms with Gasteiger partial charge in [-0.25, -0.2) is 0 Å². The number of carbonyl (C=O) groups excluding carboxylic acids is 1. The lowest BCUT2D eigenvalue weighted by atomic mass is 9.95. The van der Waals surface area contributed by atoms with Gasteiger partial charge in [0.15, 0.2) is 0 Å². The molecule has 2 nitrogen and oxygen atoms in total. The van der Waals surface area contributed by atoms with Crippen LogP contribution >= 0.6 is 0 Å². The molecule has 0 fully saturated rings. The maximum atomic E-state index is 12.7. The molecule has 0 aliphatic heterocycles. The van der Waals surface area contributed by atoms with Crippen molar-refractivity contribution in [3.05, 3.63) is 71.3 Å². The number of aryl methyl sites for hydroxylation is 1. The summed E-state index contributed by atoms with van der Waals surface area (Å²) < 4.78 is 0. The lowest BCUT2D eigenvalue weighted by molar-refractivity contribution is -0.132. The first kappa shape index (κ1) is 16.3. The van der Waals surface area contributed by atoms with Crippen molar-refractivity contribution in [3.63, 3.8) is 0 Å². The summed E-state index contributed by atoms with van der Waals surface area (Å²) in [5.41, 5.74) is 3.60. The van der Waals surface area contributed by atoms with E-state index in [0.717, 1.165) is 18.4 Å². The predicted octanol–water partition coefficient (Wildman–Crippen LogP) is 4.40. The molecule has 0 aliphatic carbocycles. The van der Waals surface area contributed by atoms with E-state index in [1.54, 1.807) is 0 Å². The van der Waals surface area contributed by atoms with Crippen LogP contribution < -0.4 is 0 Å². The number of nitrogens with zero attached hydrogens (tertiary/aromatic N) is 1.